The van der Waals surface area contributed by atoms with E-state index in [4.69, 9.17) is 0 Å². The molecule has 0 saturated carbocycles. The highest BCUT2D eigenvalue weighted by Crippen LogP contribution is 2.30. The lowest BCUT2D eigenvalue weighted by Gasteiger charge is -2.37. The number of benzene rings is 5. The molecule has 8 amide bonds. The summed E-state index contributed by atoms with van der Waals surface area (Å²) < 4.78 is 0. The Morgan fingerprint density at radius 1 is 0.465 bits per heavy atom. The molecule has 0 bridgehead atoms. The maximum atomic E-state index is 15.0. The van der Waals surface area contributed by atoms with Crippen molar-refractivity contribution in [2.24, 2.45) is 10.8 Å². The van der Waals surface area contributed by atoms with Crippen LogP contribution in [0.4, 0.5) is 0 Å². The first-order valence-corrected chi connectivity index (χ1v) is 30.0. The first-order valence-electron chi connectivity index (χ1n) is 30.0. The number of nitrogens with zero attached hydrogens (tertiary/aromatic N) is 4. The number of hydrogen-bond donors (Lipinski definition) is 6. The van der Waals surface area contributed by atoms with Gasteiger partial charge in [-0.3, -0.25) is 38.4 Å². The largest absolute Gasteiger partial charge is 0.347 e. The molecule has 458 valence electrons. The molecule has 2 heterocycles. The number of likely N-dealkylation sites (tertiary alicyclic amines) is 2. The number of hydrogen-bond acceptors (Lipinski definition) is 10. The molecular weight excluding hydrogens is 1080 g/mol. The zero-order valence-corrected chi connectivity index (χ0v) is 51.6. The molecule has 18 nitrogen and oxygen atoms in total. The van der Waals surface area contributed by atoms with Crippen LogP contribution in [-0.4, -0.2) is 169 Å². The monoisotopic (exact) mass is 1170 g/mol. The molecule has 5 aromatic carbocycles. The molecule has 18 heteroatoms. The molecule has 2 aliphatic heterocycles. The number of likely N-dealkylation sites (N-methyl/N-ethyl adjacent to an activating group) is 2. The van der Waals surface area contributed by atoms with Crippen molar-refractivity contribution >= 4 is 47.3 Å². The number of carbonyl (C=O) groups excluding carboxylic acids is 8. The minimum absolute atomic E-state index is 0.108. The summed E-state index contributed by atoms with van der Waals surface area (Å²) in [6.45, 7) is 16.0. The number of carbonyl (C=O) groups is 8. The lowest BCUT2D eigenvalue weighted by Crippen LogP contribution is -2.59. The average Bonchev–Trinajstić information content (AvgIpc) is 2.06. The molecule has 0 aliphatic carbocycles. The summed E-state index contributed by atoms with van der Waals surface area (Å²) in [4.78, 5) is 121. The van der Waals surface area contributed by atoms with Gasteiger partial charge in [-0.05, 0) is 124 Å². The molecule has 2 aliphatic rings. The van der Waals surface area contributed by atoms with Gasteiger partial charge in [0.25, 0.3) is 23.6 Å². The van der Waals surface area contributed by atoms with Crippen LogP contribution in [0.5, 0.6) is 0 Å². The Morgan fingerprint density at radius 2 is 0.779 bits per heavy atom. The van der Waals surface area contributed by atoms with Crippen LogP contribution in [0.1, 0.15) is 121 Å². The van der Waals surface area contributed by atoms with E-state index >= 15 is 0 Å². The lowest BCUT2D eigenvalue weighted by atomic mass is 9.85. The van der Waals surface area contributed by atoms with Crippen molar-refractivity contribution in [1.82, 2.24) is 51.5 Å². The first-order chi connectivity index (χ1) is 40.9. The third-order valence-corrected chi connectivity index (χ3v) is 16.4. The van der Waals surface area contributed by atoms with Crippen LogP contribution < -0.4 is 31.9 Å². The van der Waals surface area contributed by atoms with Gasteiger partial charge in [0.05, 0.1) is 24.2 Å². The Balaban J connectivity index is 1.10. The Labute approximate surface area is 507 Å². The quantitative estimate of drug-likeness (QED) is 0.0415. The zero-order valence-electron chi connectivity index (χ0n) is 51.6. The summed E-state index contributed by atoms with van der Waals surface area (Å²) in [5.74, 6) is -2.60. The summed E-state index contributed by atoms with van der Waals surface area (Å²) in [5.41, 5.74) is 2.21. The number of nitrogens with one attached hydrogen (secondary N) is 6. The smallest absolute Gasteiger partial charge is 0.253 e. The Bertz CT molecular complexity index is 2890. The van der Waals surface area contributed by atoms with E-state index in [-0.39, 0.29) is 72.7 Å². The average molecular weight is 1170 g/mol. The van der Waals surface area contributed by atoms with Crippen molar-refractivity contribution in [2.75, 3.05) is 53.4 Å². The van der Waals surface area contributed by atoms with Gasteiger partial charge < -0.3 is 51.5 Å². The first kappa shape index (κ1) is 65.3. The summed E-state index contributed by atoms with van der Waals surface area (Å²) in [6, 6.07) is 38.8. The molecule has 7 rings (SSSR count). The van der Waals surface area contributed by atoms with Crippen molar-refractivity contribution in [3.05, 3.63) is 179 Å². The van der Waals surface area contributed by atoms with E-state index in [2.05, 4.69) is 31.9 Å². The molecule has 5 aromatic rings. The predicted molar refractivity (Wildman–Crippen MR) is 334 cm³/mol. The van der Waals surface area contributed by atoms with Crippen molar-refractivity contribution < 1.29 is 38.4 Å². The van der Waals surface area contributed by atoms with Crippen molar-refractivity contribution in [2.45, 2.75) is 129 Å². The van der Waals surface area contributed by atoms with Crippen LogP contribution >= 0.6 is 0 Å². The second-order valence-corrected chi connectivity index (χ2v) is 25.0. The molecule has 0 aromatic heterocycles. The SMILES string of the molecule is CN[C@@H](C)C(=O)N[C@H](C(=O)N1C[C@@H](NC(=O)c2ccc(C(=O)N[C@H]3C[C@@H](CN(CCc4ccccc4)C(=O)c4ccccc4)N(C(=O)[C@@H](NC(=O)[C@H](C)NC)C(C)(C)C)C3)cc2)C[C@H]1CN(CCc1ccccc1)C(=O)c1ccccc1)C(C)(C)C. The standard InChI is InChI=1S/C68H88N10O8/c1-45(69-9)59(79)73-57(67(3,4)5)65(85)77-41-53(39-55(77)43-75(37-35-47-23-15-11-16-24-47)63(83)51-27-19-13-20-28-51)71-61(81)49-31-33-50(34-32-49)62(82)72-54-40-56(78(42-54)66(86)58(68(6,7)8)74-60(80)46(2)70-10)44-76(38-36-48-25-17-12-18-26-48)64(84)52-29-21-14-22-30-52/h11-34,45-46,53-58,69-70H,35-44H2,1-10H3,(H,71,81)(H,72,82)(H,73,79)(H,74,80)/t45-,46-,53-,54-,55-,56-,57+,58+/m0/s1. The van der Waals surface area contributed by atoms with E-state index in [0.29, 0.717) is 49.9 Å². The topological polar surface area (TPSA) is 222 Å². The molecule has 0 unspecified atom stereocenters. The van der Waals surface area contributed by atoms with E-state index in [1.165, 1.54) is 0 Å². The van der Waals surface area contributed by atoms with E-state index in [0.717, 1.165) is 11.1 Å². The van der Waals surface area contributed by atoms with Crippen molar-refractivity contribution in [3.8, 4) is 0 Å². The molecule has 6 N–H and O–H groups in total. The van der Waals surface area contributed by atoms with Gasteiger partial charge in [0.1, 0.15) is 12.1 Å². The second-order valence-electron chi connectivity index (χ2n) is 25.0. The third-order valence-electron chi connectivity index (χ3n) is 16.4. The van der Waals surface area contributed by atoms with Gasteiger partial charge >= 0.3 is 0 Å². The Kier molecular flexibility index (Phi) is 22.6. The fraction of sp³-hybridized carbons (Fsp3) is 0.441. The maximum Gasteiger partial charge on any atom is 0.253 e. The van der Waals surface area contributed by atoms with Gasteiger partial charge in [-0.25, -0.2) is 0 Å². The molecule has 2 saturated heterocycles. The highest BCUT2D eigenvalue weighted by Gasteiger charge is 2.46. The summed E-state index contributed by atoms with van der Waals surface area (Å²) in [7, 11) is 3.34. The Hall–Kier alpha value is -8.22. The minimum Gasteiger partial charge on any atom is -0.347 e. The van der Waals surface area contributed by atoms with E-state index < -0.39 is 71.0 Å². The molecule has 86 heavy (non-hydrogen) atoms. The molecular formula is C68H88N10O8. The van der Waals surface area contributed by atoms with E-state index in [1.807, 2.05) is 139 Å². The fourth-order valence-corrected chi connectivity index (χ4v) is 11.1. The van der Waals surface area contributed by atoms with Crippen LogP contribution in [0, 0.1) is 10.8 Å². The molecule has 0 spiro atoms. The van der Waals surface area contributed by atoms with E-state index in [1.54, 1.807) is 96.1 Å². The normalized spacial score (nSPS) is 18.2. The van der Waals surface area contributed by atoms with Crippen LogP contribution in [0.2, 0.25) is 0 Å². The molecule has 0 radical (unpaired) electrons. The molecule has 2 fully saturated rings. The summed E-state index contributed by atoms with van der Waals surface area (Å²) in [5, 5.41) is 18.1. The van der Waals surface area contributed by atoms with Crippen LogP contribution in [0.25, 0.3) is 0 Å². The maximum absolute atomic E-state index is 15.0. The van der Waals surface area contributed by atoms with Crippen LogP contribution in [0.15, 0.2) is 146 Å². The second kappa shape index (κ2) is 29.7. The third kappa shape index (κ3) is 17.5. The van der Waals surface area contributed by atoms with Crippen LogP contribution in [0.3, 0.4) is 0 Å². The summed E-state index contributed by atoms with van der Waals surface area (Å²) >= 11 is 0. The number of rotatable bonds is 24. The van der Waals surface area contributed by atoms with Gasteiger partial charge in [0, 0.05) is 73.6 Å². The highest BCUT2D eigenvalue weighted by molar-refractivity contribution is 5.99. The van der Waals surface area contributed by atoms with Gasteiger partial charge in [-0.15, -0.1) is 0 Å². The van der Waals surface area contributed by atoms with E-state index in [9.17, 15) is 38.4 Å². The molecule has 8 atom stereocenters. The lowest BCUT2D eigenvalue weighted by molar-refractivity contribution is -0.141. The minimum atomic E-state index is -0.938. The predicted octanol–water partition coefficient (Wildman–Crippen LogP) is 6.13. The zero-order chi connectivity index (χ0) is 62.3. The van der Waals surface area contributed by atoms with Crippen molar-refractivity contribution in [1.29, 1.82) is 0 Å². The highest BCUT2D eigenvalue weighted by atomic mass is 16.2. The van der Waals surface area contributed by atoms with Gasteiger partial charge in [-0.2, -0.15) is 0 Å². The van der Waals surface area contributed by atoms with Gasteiger partial charge in [0.2, 0.25) is 23.6 Å². The van der Waals surface area contributed by atoms with Crippen LogP contribution in [-0.2, 0) is 32.0 Å². The number of amides is 8. The Morgan fingerprint density at radius 3 is 1.08 bits per heavy atom. The summed E-state index contributed by atoms with van der Waals surface area (Å²) in [6.07, 6.45) is 1.75. The van der Waals surface area contributed by atoms with Crippen molar-refractivity contribution in [3.63, 3.8) is 0 Å². The van der Waals surface area contributed by atoms with Gasteiger partial charge in [-0.1, -0.05) is 139 Å². The fourth-order valence-electron chi connectivity index (χ4n) is 11.1. The van der Waals surface area contributed by atoms with Gasteiger partial charge in [0.15, 0.2) is 0 Å².